The summed E-state index contributed by atoms with van der Waals surface area (Å²) in [6.07, 6.45) is 1.52. The minimum Gasteiger partial charge on any atom is -0.497 e. The molecule has 0 aliphatic carbocycles. The minimum atomic E-state index is -0.0992. The van der Waals surface area contributed by atoms with Crippen molar-refractivity contribution in [3.8, 4) is 16.9 Å². The van der Waals surface area contributed by atoms with Crippen molar-refractivity contribution in [1.29, 1.82) is 0 Å². The third-order valence-electron chi connectivity index (χ3n) is 7.00. The first-order valence-electron chi connectivity index (χ1n) is 12.8. The third kappa shape index (κ3) is 5.89. The van der Waals surface area contributed by atoms with E-state index >= 15 is 0 Å². The van der Waals surface area contributed by atoms with Gasteiger partial charge >= 0.3 is 0 Å². The van der Waals surface area contributed by atoms with Crippen LogP contribution in [0.1, 0.15) is 33.1 Å². The van der Waals surface area contributed by atoms with Crippen LogP contribution in [-0.4, -0.2) is 52.3 Å². The molecule has 0 fully saturated rings. The van der Waals surface area contributed by atoms with Gasteiger partial charge in [0.1, 0.15) is 17.4 Å². The second-order valence-electron chi connectivity index (χ2n) is 9.46. The fourth-order valence-corrected chi connectivity index (χ4v) is 4.85. The lowest BCUT2D eigenvalue weighted by atomic mass is 9.99. The van der Waals surface area contributed by atoms with Crippen LogP contribution in [0.15, 0.2) is 72.8 Å². The number of nitrogens with one attached hydrogen (secondary N) is 1. The highest BCUT2D eigenvalue weighted by Gasteiger charge is 2.19. The number of aromatic nitrogens is 3. The molecule has 5 rings (SSSR count). The average Bonchev–Trinajstić information content (AvgIpc) is 3.20. The van der Waals surface area contributed by atoms with E-state index in [4.69, 9.17) is 4.74 Å². The number of methoxy groups -OCH3 is 1. The van der Waals surface area contributed by atoms with Gasteiger partial charge in [-0.15, -0.1) is 10.2 Å². The molecule has 3 aromatic carbocycles. The van der Waals surface area contributed by atoms with E-state index in [0.29, 0.717) is 18.5 Å². The molecule has 190 valence electrons. The Labute approximate surface area is 218 Å². The van der Waals surface area contributed by atoms with Crippen LogP contribution >= 0.6 is 0 Å². The summed E-state index contributed by atoms with van der Waals surface area (Å²) in [5, 5.41) is 11.8. The van der Waals surface area contributed by atoms with Gasteiger partial charge in [0.2, 0.25) is 0 Å². The second kappa shape index (κ2) is 11.4. The first-order chi connectivity index (χ1) is 18.1. The maximum Gasteiger partial charge on any atom is 0.251 e. The number of hydrogen-bond acceptors (Lipinski definition) is 5. The van der Waals surface area contributed by atoms with Gasteiger partial charge < -0.3 is 14.6 Å². The summed E-state index contributed by atoms with van der Waals surface area (Å²) < 4.78 is 7.38. The molecule has 0 saturated heterocycles. The van der Waals surface area contributed by atoms with Crippen LogP contribution in [0.4, 0.5) is 0 Å². The molecule has 1 N–H and O–H groups in total. The minimum absolute atomic E-state index is 0.0992. The first-order valence-corrected chi connectivity index (χ1v) is 12.8. The van der Waals surface area contributed by atoms with Crippen LogP contribution in [0.5, 0.6) is 5.75 Å². The summed E-state index contributed by atoms with van der Waals surface area (Å²) >= 11 is 0. The number of benzene rings is 3. The number of carbonyl (C=O) groups excluding carboxylic acids is 1. The Balaban J connectivity index is 1.14. The maximum atomic E-state index is 12.4. The fourth-order valence-electron chi connectivity index (χ4n) is 4.85. The van der Waals surface area contributed by atoms with E-state index in [-0.39, 0.29) is 5.91 Å². The molecule has 7 nitrogen and oxygen atoms in total. The lowest BCUT2D eigenvalue weighted by Crippen LogP contribution is -2.28. The maximum absolute atomic E-state index is 12.4. The average molecular weight is 496 g/mol. The molecule has 4 aromatic rings. The van der Waals surface area contributed by atoms with Crippen molar-refractivity contribution in [1.82, 2.24) is 25.0 Å². The number of amides is 1. The normalized spacial score (nSPS) is 13.6. The topological polar surface area (TPSA) is 72.3 Å². The molecule has 1 aromatic heterocycles. The van der Waals surface area contributed by atoms with E-state index in [1.807, 2.05) is 0 Å². The summed E-state index contributed by atoms with van der Waals surface area (Å²) in [4.78, 5) is 14.9. The molecule has 0 radical (unpaired) electrons. The summed E-state index contributed by atoms with van der Waals surface area (Å²) in [5.74, 6) is 2.58. The largest absolute Gasteiger partial charge is 0.497 e. The van der Waals surface area contributed by atoms with Crippen LogP contribution in [0.3, 0.4) is 0 Å². The van der Waals surface area contributed by atoms with Crippen LogP contribution in [-0.2, 0) is 25.9 Å². The summed E-state index contributed by atoms with van der Waals surface area (Å²) in [7, 11) is 1.61. The Kier molecular flexibility index (Phi) is 7.61. The molecule has 1 amide bonds. The highest BCUT2D eigenvalue weighted by Crippen LogP contribution is 2.24. The van der Waals surface area contributed by atoms with Gasteiger partial charge in [-0.1, -0.05) is 48.5 Å². The predicted molar refractivity (Wildman–Crippen MR) is 145 cm³/mol. The number of fused-ring (bicyclic) bond motifs is 1. The zero-order valence-corrected chi connectivity index (χ0v) is 21.5. The highest BCUT2D eigenvalue weighted by molar-refractivity contribution is 5.94. The molecule has 37 heavy (non-hydrogen) atoms. The molecule has 1 aliphatic rings. The van der Waals surface area contributed by atoms with E-state index in [9.17, 15) is 4.79 Å². The Morgan fingerprint density at radius 1 is 0.946 bits per heavy atom. The summed E-state index contributed by atoms with van der Waals surface area (Å²) in [6, 6.07) is 24.5. The van der Waals surface area contributed by atoms with E-state index in [1.54, 1.807) is 31.4 Å². The standard InChI is InChI=1S/C30H33N5O2/c1-22-5-3-4-6-27(22)24-9-7-23(8-10-24)21-34-18-16-29-33-32-28(35(29)20-19-34)15-17-31-30(36)25-11-13-26(37-2)14-12-25/h3-14H,15-21H2,1-2H3,(H,31,36). The van der Waals surface area contributed by atoms with E-state index in [2.05, 4.69) is 80.4 Å². The predicted octanol–water partition coefficient (Wildman–Crippen LogP) is 4.29. The van der Waals surface area contributed by atoms with Gasteiger partial charge in [0, 0.05) is 51.1 Å². The van der Waals surface area contributed by atoms with Crippen LogP contribution in [0.2, 0.25) is 0 Å². The lowest BCUT2D eigenvalue weighted by molar-refractivity contribution is 0.0954. The molecule has 1 aliphatic heterocycles. The van der Waals surface area contributed by atoms with Crippen molar-refractivity contribution in [2.75, 3.05) is 26.7 Å². The van der Waals surface area contributed by atoms with E-state index in [1.165, 1.54) is 22.3 Å². The zero-order chi connectivity index (χ0) is 25.6. The van der Waals surface area contributed by atoms with Gasteiger partial charge in [-0.25, -0.2) is 0 Å². The molecule has 0 saturated carbocycles. The van der Waals surface area contributed by atoms with Gasteiger partial charge in [-0.2, -0.15) is 0 Å². The molecular weight excluding hydrogens is 462 g/mol. The fraction of sp³-hybridized carbons (Fsp3) is 0.300. The Hall–Kier alpha value is -3.97. The van der Waals surface area contributed by atoms with E-state index < -0.39 is 0 Å². The van der Waals surface area contributed by atoms with Crippen LogP contribution in [0, 0.1) is 6.92 Å². The molecule has 2 heterocycles. The Morgan fingerprint density at radius 3 is 2.49 bits per heavy atom. The molecule has 0 unspecified atom stereocenters. The van der Waals surface area contributed by atoms with Gasteiger partial charge in [0.15, 0.2) is 0 Å². The number of hydrogen-bond donors (Lipinski definition) is 1. The van der Waals surface area contributed by atoms with Crippen molar-refractivity contribution in [3.05, 3.63) is 101 Å². The molecule has 0 spiro atoms. The smallest absolute Gasteiger partial charge is 0.251 e. The molecular formula is C30H33N5O2. The third-order valence-corrected chi connectivity index (χ3v) is 7.00. The van der Waals surface area contributed by atoms with Gasteiger partial charge in [-0.05, 0) is 53.4 Å². The van der Waals surface area contributed by atoms with Crippen molar-refractivity contribution < 1.29 is 9.53 Å². The highest BCUT2D eigenvalue weighted by atomic mass is 16.5. The first kappa shape index (κ1) is 24.7. The number of carbonyl (C=O) groups is 1. The molecule has 0 bridgehead atoms. The van der Waals surface area contributed by atoms with Crippen molar-refractivity contribution in [2.24, 2.45) is 0 Å². The second-order valence-corrected chi connectivity index (χ2v) is 9.46. The number of rotatable bonds is 8. The summed E-state index contributed by atoms with van der Waals surface area (Å²) in [5.41, 5.74) is 5.77. The zero-order valence-electron chi connectivity index (χ0n) is 21.5. The van der Waals surface area contributed by atoms with Crippen LogP contribution < -0.4 is 10.1 Å². The molecule has 7 heteroatoms. The summed E-state index contributed by atoms with van der Waals surface area (Å²) in [6.45, 7) is 6.33. The monoisotopic (exact) mass is 495 g/mol. The van der Waals surface area contributed by atoms with Crippen molar-refractivity contribution in [3.63, 3.8) is 0 Å². The number of aryl methyl sites for hydroxylation is 1. The Bertz CT molecular complexity index is 1350. The lowest BCUT2D eigenvalue weighted by Gasteiger charge is -2.20. The SMILES string of the molecule is COc1ccc(C(=O)NCCc2nnc3n2CCN(Cc2ccc(-c4ccccc4C)cc2)CC3)cc1. The van der Waals surface area contributed by atoms with Gasteiger partial charge in [-0.3, -0.25) is 9.69 Å². The van der Waals surface area contributed by atoms with Gasteiger partial charge in [0.25, 0.3) is 5.91 Å². The molecule has 0 atom stereocenters. The van der Waals surface area contributed by atoms with Gasteiger partial charge in [0.05, 0.1) is 7.11 Å². The number of nitrogens with zero attached hydrogens (tertiary/aromatic N) is 4. The number of ether oxygens (including phenoxy) is 1. The van der Waals surface area contributed by atoms with Crippen molar-refractivity contribution in [2.45, 2.75) is 32.9 Å². The van der Waals surface area contributed by atoms with Crippen molar-refractivity contribution >= 4 is 5.91 Å². The Morgan fingerprint density at radius 2 is 1.73 bits per heavy atom. The van der Waals surface area contributed by atoms with E-state index in [0.717, 1.165) is 50.0 Å². The quantitative estimate of drug-likeness (QED) is 0.395. The van der Waals surface area contributed by atoms with Crippen LogP contribution in [0.25, 0.3) is 11.1 Å².